The first-order valence-electron chi connectivity index (χ1n) is 6.42. The molecule has 0 spiro atoms. The largest absolute Gasteiger partial charge is 0.306 e. The first kappa shape index (κ1) is 15.0. The van der Waals surface area contributed by atoms with E-state index in [1.54, 1.807) is 17.8 Å². The fraction of sp³-hybridized carbons (Fsp3) is 0.250. The Morgan fingerprint density at radius 2 is 1.80 bits per heavy atom. The maximum atomic E-state index is 13.5. The van der Waals surface area contributed by atoms with Crippen molar-refractivity contribution in [1.82, 2.24) is 5.32 Å². The Balaban J connectivity index is 2.00. The third kappa shape index (κ3) is 3.58. The molecule has 0 bridgehead atoms. The summed E-state index contributed by atoms with van der Waals surface area (Å²) in [5.41, 5.74) is 1.47. The summed E-state index contributed by atoms with van der Waals surface area (Å²) in [6.45, 7) is 2.31. The SMILES string of the molecule is CSc1ccc(C(C)NCc2cccc(F)c2F)cc1. The highest BCUT2D eigenvalue weighted by Gasteiger charge is 2.09. The van der Waals surface area contributed by atoms with E-state index in [-0.39, 0.29) is 6.04 Å². The third-order valence-corrected chi connectivity index (χ3v) is 3.99. The average molecular weight is 293 g/mol. The van der Waals surface area contributed by atoms with Crippen molar-refractivity contribution in [3.63, 3.8) is 0 Å². The Labute approximate surface area is 122 Å². The molecule has 0 aliphatic rings. The zero-order valence-electron chi connectivity index (χ0n) is 11.5. The molecule has 0 aromatic heterocycles. The van der Waals surface area contributed by atoms with E-state index in [2.05, 4.69) is 17.4 Å². The minimum atomic E-state index is -0.804. The minimum Gasteiger partial charge on any atom is -0.306 e. The Morgan fingerprint density at radius 1 is 1.10 bits per heavy atom. The van der Waals surface area contributed by atoms with Crippen LogP contribution in [0.1, 0.15) is 24.1 Å². The van der Waals surface area contributed by atoms with E-state index in [0.29, 0.717) is 12.1 Å². The highest BCUT2D eigenvalue weighted by Crippen LogP contribution is 2.19. The smallest absolute Gasteiger partial charge is 0.163 e. The first-order chi connectivity index (χ1) is 9.61. The fourth-order valence-corrected chi connectivity index (χ4v) is 2.37. The summed E-state index contributed by atoms with van der Waals surface area (Å²) >= 11 is 1.69. The maximum absolute atomic E-state index is 13.5. The Hall–Kier alpha value is -1.39. The molecule has 0 heterocycles. The summed E-state index contributed by atoms with van der Waals surface area (Å²) in [4.78, 5) is 1.21. The van der Waals surface area contributed by atoms with Crippen LogP contribution in [0.2, 0.25) is 0 Å². The van der Waals surface area contributed by atoms with Crippen molar-refractivity contribution >= 4 is 11.8 Å². The summed E-state index contributed by atoms with van der Waals surface area (Å²) < 4.78 is 26.6. The van der Waals surface area contributed by atoms with Crippen molar-refractivity contribution in [2.75, 3.05) is 6.26 Å². The van der Waals surface area contributed by atoms with Gasteiger partial charge in [0.1, 0.15) is 0 Å². The van der Waals surface area contributed by atoms with Gasteiger partial charge < -0.3 is 5.32 Å². The first-order valence-corrected chi connectivity index (χ1v) is 7.64. The monoisotopic (exact) mass is 293 g/mol. The Bertz CT molecular complexity index is 569. The zero-order chi connectivity index (χ0) is 14.5. The molecule has 0 saturated heterocycles. The van der Waals surface area contributed by atoms with Gasteiger partial charge in [-0.25, -0.2) is 8.78 Å². The molecule has 0 aliphatic heterocycles. The lowest BCUT2D eigenvalue weighted by molar-refractivity contribution is 0.484. The average Bonchev–Trinajstić information content (AvgIpc) is 2.48. The molecule has 2 aromatic rings. The van der Waals surface area contributed by atoms with Gasteiger partial charge in [-0.1, -0.05) is 24.3 Å². The molecule has 2 aromatic carbocycles. The van der Waals surface area contributed by atoms with Gasteiger partial charge in [0.15, 0.2) is 11.6 Å². The van der Waals surface area contributed by atoms with Crippen LogP contribution in [-0.4, -0.2) is 6.26 Å². The topological polar surface area (TPSA) is 12.0 Å². The molecule has 1 atom stereocenters. The second-order valence-corrected chi connectivity index (χ2v) is 5.47. The van der Waals surface area contributed by atoms with E-state index < -0.39 is 11.6 Å². The molecule has 20 heavy (non-hydrogen) atoms. The van der Waals surface area contributed by atoms with Gasteiger partial charge in [-0.05, 0) is 36.9 Å². The highest BCUT2D eigenvalue weighted by atomic mass is 32.2. The number of hydrogen-bond acceptors (Lipinski definition) is 2. The quantitative estimate of drug-likeness (QED) is 0.812. The van der Waals surface area contributed by atoms with E-state index in [0.717, 1.165) is 11.6 Å². The van der Waals surface area contributed by atoms with Crippen molar-refractivity contribution in [2.24, 2.45) is 0 Å². The summed E-state index contributed by atoms with van der Waals surface area (Å²) in [5.74, 6) is -1.58. The van der Waals surface area contributed by atoms with Gasteiger partial charge in [-0.3, -0.25) is 0 Å². The van der Waals surface area contributed by atoms with Crippen LogP contribution in [0.3, 0.4) is 0 Å². The summed E-state index contributed by atoms with van der Waals surface area (Å²) in [5, 5.41) is 3.21. The number of hydrogen-bond donors (Lipinski definition) is 1. The fourth-order valence-electron chi connectivity index (χ4n) is 1.96. The summed E-state index contributed by atoms with van der Waals surface area (Å²) in [6.07, 6.45) is 2.03. The van der Waals surface area contributed by atoms with E-state index in [9.17, 15) is 8.78 Å². The van der Waals surface area contributed by atoms with Crippen LogP contribution in [0.4, 0.5) is 8.78 Å². The molecule has 2 rings (SSSR count). The van der Waals surface area contributed by atoms with Gasteiger partial charge in [0.2, 0.25) is 0 Å². The number of rotatable bonds is 5. The normalized spacial score (nSPS) is 12.4. The molecule has 0 radical (unpaired) electrons. The molecule has 0 aliphatic carbocycles. The van der Waals surface area contributed by atoms with Crippen molar-refractivity contribution in [2.45, 2.75) is 24.4 Å². The van der Waals surface area contributed by atoms with Gasteiger partial charge in [0.25, 0.3) is 0 Å². The van der Waals surface area contributed by atoms with Crippen molar-refractivity contribution in [3.05, 3.63) is 65.2 Å². The van der Waals surface area contributed by atoms with Crippen molar-refractivity contribution in [3.8, 4) is 0 Å². The standard InChI is InChI=1S/C16H17F2NS/c1-11(12-6-8-14(20-2)9-7-12)19-10-13-4-3-5-15(17)16(13)18/h3-9,11,19H,10H2,1-2H3. The molecule has 4 heteroatoms. The predicted molar refractivity (Wildman–Crippen MR) is 79.8 cm³/mol. The van der Waals surface area contributed by atoms with Gasteiger partial charge in [0.05, 0.1) is 0 Å². The van der Waals surface area contributed by atoms with Crippen LogP contribution in [0.15, 0.2) is 47.4 Å². The van der Waals surface area contributed by atoms with Crippen LogP contribution in [-0.2, 0) is 6.54 Å². The van der Waals surface area contributed by atoms with Gasteiger partial charge in [0, 0.05) is 23.0 Å². The third-order valence-electron chi connectivity index (χ3n) is 3.25. The molecule has 1 unspecified atom stereocenters. The molecular weight excluding hydrogens is 276 g/mol. The lowest BCUT2D eigenvalue weighted by atomic mass is 10.1. The number of thioether (sulfide) groups is 1. The molecular formula is C16H17F2NS. The maximum Gasteiger partial charge on any atom is 0.163 e. The molecule has 0 saturated carbocycles. The van der Waals surface area contributed by atoms with Crippen LogP contribution in [0, 0.1) is 11.6 Å². The second-order valence-electron chi connectivity index (χ2n) is 4.59. The van der Waals surface area contributed by atoms with Gasteiger partial charge in [-0.15, -0.1) is 11.8 Å². The summed E-state index contributed by atoms with van der Waals surface area (Å²) in [6, 6.07) is 12.5. The number of halogens is 2. The van der Waals surface area contributed by atoms with E-state index in [4.69, 9.17) is 0 Å². The Morgan fingerprint density at radius 3 is 2.45 bits per heavy atom. The number of nitrogens with one attached hydrogen (secondary N) is 1. The Kier molecular flexibility index (Phi) is 5.15. The van der Waals surface area contributed by atoms with Gasteiger partial charge in [-0.2, -0.15) is 0 Å². The lowest BCUT2D eigenvalue weighted by Gasteiger charge is -2.15. The number of benzene rings is 2. The second kappa shape index (κ2) is 6.86. The van der Waals surface area contributed by atoms with E-state index in [1.807, 2.05) is 25.3 Å². The molecule has 0 fully saturated rings. The highest BCUT2D eigenvalue weighted by molar-refractivity contribution is 7.98. The molecule has 106 valence electrons. The van der Waals surface area contributed by atoms with Crippen molar-refractivity contribution < 1.29 is 8.78 Å². The van der Waals surface area contributed by atoms with Crippen LogP contribution in [0.5, 0.6) is 0 Å². The van der Waals surface area contributed by atoms with Crippen LogP contribution >= 0.6 is 11.8 Å². The predicted octanol–water partition coefficient (Wildman–Crippen LogP) is 4.54. The van der Waals surface area contributed by atoms with E-state index >= 15 is 0 Å². The van der Waals surface area contributed by atoms with Crippen LogP contribution in [0.25, 0.3) is 0 Å². The molecule has 0 amide bonds. The van der Waals surface area contributed by atoms with E-state index in [1.165, 1.54) is 11.0 Å². The van der Waals surface area contributed by atoms with Crippen LogP contribution < -0.4 is 5.32 Å². The van der Waals surface area contributed by atoms with Crippen molar-refractivity contribution in [1.29, 1.82) is 0 Å². The minimum absolute atomic E-state index is 0.0774. The summed E-state index contributed by atoms with van der Waals surface area (Å²) in [7, 11) is 0. The van der Waals surface area contributed by atoms with Gasteiger partial charge >= 0.3 is 0 Å². The molecule has 1 N–H and O–H groups in total. The molecule has 1 nitrogen and oxygen atoms in total. The lowest BCUT2D eigenvalue weighted by Crippen LogP contribution is -2.19. The zero-order valence-corrected chi connectivity index (χ0v) is 12.3.